The summed E-state index contributed by atoms with van der Waals surface area (Å²) < 4.78 is 10.1. The standard InChI is InChI=1S/C21H23N5O4S/c1-29-17(27)12-13-2-4-14(5-3-13)15-6-8-16(9-7-15)23-18(28)19-25-26-20(30-19)24-21-22-10-11-31-21/h6-11,13-14H,2-5,12H2,1H3,(H,23,28)(H,22,24,26). The maximum atomic E-state index is 12.4. The van der Waals surface area contributed by atoms with Crippen LogP contribution in [0.25, 0.3) is 0 Å². The Bertz CT molecular complexity index is 1010. The molecule has 0 bridgehead atoms. The van der Waals surface area contributed by atoms with Crippen LogP contribution >= 0.6 is 11.3 Å². The number of ether oxygens (including phenoxy) is 1. The highest BCUT2D eigenvalue weighted by Crippen LogP contribution is 2.37. The third kappa shape index (κ3) is 5.46. The Morgan fingerprint density at radius 1 is 1.16 bits per heavy atom. The lowest BCUT2D eigenvalue weighted by Gasteiger charge is -2.28. The normalized spacial score (nSPS) is 18.4. The number of anilines is 3. The number of hydrogen-bond donors (Lipinski definition) is 2. The second-order valence-electron chi connectivity index (χ2n) is 7.45. The van der Waals surface area contributed by atoms with Crippen molar-refractivity contribution in [1.29, 1.82) is 0 Å². The van der Waals surface area contributed by atoms with Crippen molar-refractivity contribution in [3.8, 4) is 0 Å². The molecule has 0 spiro atoms. The van der Waals surface area contributed by atoms with E-state index in [-0.39, 0.29) is 17.9 Å². The number of nitrogens with one attached hydrogen (secondary N) is 2. The van der Waals surface area contributed by atoms with E-state index in [1.54, 1.807) is 6.20 Å². The highest BCUT2D eigenvalue weighted by molar-refractivity contribution is 7.13. The van der Waals surface area contributed by atoms with Gasteiger partial charge in [-0.05, 0) is 55.2 Å². The summed E-state index contributed by atoms with van der Waals surface area (Å²) in [4.78, 5) is 27.9. The molecule has 1 aliphatic carbocycles. The number of carbonyl (C=O) groups excluding carboxylic acids is 2. The third-order valence-corrected chi connectivity index (χ3v) is 6.12. The summed E-state index contributed by atoms with van der Waals surface area (Å²) >= 11 is 1.38. The molecule has 4 rings (SSSR count). The van der Waals surface area contributed by atoms with Gasteiger partial charge in [0.2, 0.25) is 0 Å². The van der Waals surface area contributed by atoms with Crippen LogP contribution in [0.15, 0.2) is 40.3 Å². The number of carbonyl (C=O) groups is 2. The van der Waals surface area contributed by atoms with Crippen molar-refractivity contribution in [3.63, 3.8) is 0 Å². The summed E-state index contributed by atoms with van der Waals surface area (Å²) in [6, 6.07) is 7.92. The van der Waals surface area contributed by atoms with E-state index >= 15 is 0 Å². The van der Waals surface area contributed by atoms with E-state index in [9.17, 15) is 9.59 Å². The third-order valence-electron chi connectivity index (χ3n) is 5.44. The Morgan fingerprint density at radius 2 is 1.94 bits per heavy atom. The Kier molecular flexibility index (Phi) is 6.56. The zero-order valence-corrected chi connectivity index (χ0v) is 17.9. The van der Waals surface area contributed by atoms with Gasteiger partial charge >= 0.3 is 23.8 Å². The molecule has 1 aromatic carbocycles. The Balaban J connectivity index is 1.29. The zero-order chi connectivity index (χ0) is 21.6. The van der Waals surface area contributed by atoms with Gasteiger partial charge in [-0.15, -0.1) is 16.4 Å². The second kappa shape index (κ2) is 9.69. The van der Waals surface area contributed by atoms with Crippen LogP contribution in [0, 0.1) is 5.92 Å². The van der Waals surface area contributed by atoms with Crippen LogP contribution in [0.2, 0.25) is 0 Å². The van der Waals surface area contributed by atoms with Crippen molar-refractivity contribution in [2.75, 3.05) is 17.7 Å². The van der Waals surface area contributed by atoms with E-state index in [0.717, 1.165) is 25.7 Å². The number of amides is 1. The lowest BCUT2D eigenvalue weighted by molar-refractivity contribution is -0.142. The summed E-state index contributed by atoms with van der Waals surface area (Å²) in [5.74, 6) is 0.138. The van der Waals surface area contributed by atoms with Crippen molar-refractivity contribution in [3.05, 3.63) is 47.3 Å². The average molecular weight is 442 g/mol. The molecule has 3 aromatic rings. The Labute approximate surface area is 183 Å². The van der Waals surface area contributed by atoms with E-state index in [2.05, 4.69) is 25.8 Å². The summed E-state index contributed by atoms with van der Waals surface area (Å²) in [7, 11) is 1.44. The van der Waals surface area contributed by atoms with Gasteiger partial charge in [-0.2, -0.15) is 0 Å². The van der Waals surface area contributed by atoms with Crippen molar-refractivity contribution in [2.45, 2.75) is 38.0 Å². The Morgan fingerprint density at radius 3 is 2.61 bits per heavy atom. The molecular weight excluding hydrogens is 418 g/mol. The molecule has 0 radical (unpaired) electrons. The molecule has 2 heterocycles. The lowest BCUT2D eigenvalue weighted by Crippen LogP contribution is -2.17. The number of aromatic nitrogens is 3. The molecule has 9 nitrogen and oxygen atoms in total. The predicted molar refractivity (Wildman–Crippen MR) is 115 cm³/mol. The smallest absolute Gasteiger partial charge is 0.322 e. The van der Waals surface area contributed by atoms with Gasteiger partial charge in [-0.3, -0.25) is 14.9 Å². The number of rotatable bonds is 7. The largest absolute Gasteiger partial charge is 0.469 e. The summed E-state index contributed by atoms with van der Waals surface area (Å²) in [5.41, 5.74) is 1.89. The van der Waals surface area contributed by atoms with Gasteiger partial charge in [-0.25, -0.2) is 4.98 Å². The monoisotopic (exact) mass is 441 g/mol. The fourth-order valence-electron chi connectivity index (χ4n) is 3.78. The quantitative estimate of drug-likeness (QED) is 0.519. The molecule has 2 N–H and O–H groups in total. The topological polar surface area (TPSA) is 119 Å². The van der Waals surface area contributed by atoms with E-state index in [0.29, 0.717) is 29.1 Å². The summed E-state index contributed by atoms with van der Waals surface area (Å²) in [5, 5.41) is 15.6. The first-order valence-corrected chi connectivity index (χ1v) is 11.0. The fourth-order valence-corrected chi connectivity index (χ4v) is 4.30. The first-order valence-electron chi connectivity index (χ1n) is 10.1. The molecule has 10 heteroatoms. The maximum absolute atomic E-state index is 12.4. The van der Waals surface area contributed by atoms with E-state index in [4.69, 9.17) is 9.15 Å². The molecule has 0 aliphatic heterocycles. The van der Waals surface area contributed by atoms with Crippen molar-refractivity contribution in [1.82, 2.24) is 15.2 Å². The van der Waals surface area contributed by atoms with E-state index < -0.39 is 5.91 Å². The summed E-state index contributed by atoms with van der Waals surface area (Å²) in [6.45, 7) is 0. The number of methoxy groups -OCH3 is 1. The van der Waals surface area contributed by atoms with Crippen molar-refractivity contribution in [2.24, 2.45) is 5.92 Å². The molecule has 162 valence electrons. The number of hydrogen-bond acceptors (Lipinski definition) is 9. The number of esters is 1. The number of thiazole rings is 1. The van der Waals surface area contributed by atoms with E-state index in [1.165, 1.54) is 24.0 Å². The van der Waals surface area contributed by atoms with Gasteiger partial charge in [0.25, 0.3) is 0 Å². The summed E-state index contributed by atoms with van der Waals surface area (Å²) in [6.07, 6.45) is 6.29. The zero-order valence-electron chi connectivity index (χ0n) is 17.0. The second-order valence-corrected chi connectivity index (χ2v) is 8.34. The Hall–Kier alpha value is -3.27. The first-order chi connectivity index (χ1) is 15.1. The number of nitrogens with zero attached hydrogens (tertiary/aromatic N) is 3. The van der Waals surface area contributed by atoms with Crippen molar-refractivity contribution >= 4 is 40.0 Å². The van der Waals surface area contributed by atoms with Gasteiger partial charge in [0.1, 0.15) is 0 Å². The van der Waals surface area contributed by atoms with E-state index in [1.807, 2.05) is 29.6 Å². The SMILES string of the molecule is COC(=O)CC1CCC(c2ccc(NC(=O)c3nnc(Nc4nccs4)o3)cc2)CC1. The minimum absolute atomic E-state index is 0.109. The van der Waals surface area contributed by atoms with Gasteiger partial charge in [-0.1, -0.05) is 17.2 Å². The van der Waals surface area contributed by atoms with Gasteiger partial charge in [0, 0.05) is 23.7 Å². The van der Waals surface area contributed by atoms with Crippen LogP contribution in [0.3, 0.4) is 0 Å². The maximum Gasteiger partial charge on any atom is 0.322 e. The van der Waals surface area contributed by atoms with Crippen LogP contribution in [0.5, 0.6) is 0 Å². The van der Waals surface area contributed by atoms with Crippen LogP contribution < -0.4 is 10.6 Å². The van der Waals surface area contributed by atoms with Crippen LogP contribution in [0.4, 0.5) is 16.8 Å². The highest BCUT2D eigenvalue weighted by Gasteiger charge is 2.24. The highest BCUT2D eigenvalue weighted by atomic mass is 32.1. The molecule has 0 atom stereocenters. The molecular formula is C21H23N5O4S. The van der Waals surface area contributed by atoms with Gasteiger partial charge in [0.15, 0.2) is 5.13 Å². The first kappa shape index (κ1) is 21.0. The molecule has 1 fully saturated rings. The molecule has 1 amide bonds. The lowest BCUT2D eigenvalue weighted by atomic mass is 9.77. The van der Waals surface area contributed by atoms with Gasteiger partial charge < -0.3 is 14.5 Å². The molecule has 1 saturated carbocycles. The fraction of sp³-hybridized carbons (Fsp3) is 0.381. The average Bonchev–Trinajstić information content (AvgIpc) is 3.47. The van der Waals surface area contributed by atoms with Gasteiger partial charge in [0.05, 0.1) is 7.11 Å². The predicted octanol–water partition coefficient (Wildman–Crippen LogP) is 4.36. The molecule has 1 aliphatic rings. The molecule has 2 aromatic heterocycles. The number of benzene rings is 1. The van der Waals surface area contributed by atoms with Crippen LogP contribution in [-0.2, 0) is 9.53 Å². The molecule has 0 saturated heterocycles. The molecule has 0 unspecified atom stereocenters. The van der Waals surface area contributed by atoms with Crippen molar-refractivity contribution < 1.29 is 18.7 Å². The minimum atomic E-state index is -0.476. The molecule has 31 heavy (non-hydrogen) atoms. The minimum Gasteiger partial charge on any atom is -0.469 e. The van der Waals surface area contributed by atoms with Crippen LogP contribution in [0.1, 0.15) is 54.3 Å². The van der Waals surface area contributed by atoms with Crippen LogP contribution in [-0.4, -0.2) is 34.2 Å².